The van der Waals surface area contributed by atoms with E-state index >= 15 is 0 Å². The molecule has 0 unspecified atom stereocenters. The molecule has 0 saturated carbocycles. The quantitative estimate of drug-likeness (QED) is 0.782. The minimum atomic E-state index is -0.0594. The lowest BCUT2D eigenvalue weighted by molar-refractivity contribution is 0.0944. The summed E-state index contributed by atoms with van der Waals surface area (Å²) in [6, 6.07) is 11.9. The highest BCUT2D eigenvalue weighted by molar-refractivity contribution is 7.20. The van der Waals surface area contributed by atoms with Crippen LogP contribution in [-0.2, 0) is 0 Å². The van der Waals surface area contributed by atoms with Crippen molar-refractivity contribution in [3.05, 3.63) is 53.8 Å². The van der Waals surface area contributed by atoms with Crippen LogP contribution in [0.2, 0.25) is 0 Å². The second-order valence-corrected chi connectivity index (χ2v) is 7.37. The molecule has 3 aromatic rings. The first-order valence-corrected chi connectivity index (χ1v) is 9.40. The smallest absolute Gasteiger partial charge is 0.280 e. The number of benzene rings is 1. The van der Waals surface area contributed by atoms with Crippen molar-refractivity contribution in [2.24, 2.45) is 5.92 Å². The average molecular weight is 352 g/mol. The van der Waals surface area contributed by atoms with Crippen molar-refractivity contribution in [2.75, 3.05) is 24.5 Å². The van der Waals surface area contributed by atoms with Crippen LogP contribution in [0.5, 0.6) is 0 Å². The molecule has 4 rings (SSSR count). The second kappa shape index (κ2) is 7.19. The number of anilines is 1. The van der Waals surface area contributed by atoms with E-state index in [1.54, 1.807) is 6.20 Å². The highest BCUT2D eigenvalue weighted by Crippen LogP contribution is 2.23. The Morgan fingerprint density at radius 1 is 1.20 bits per heavy atom. The molecule has 1 fully saturated rings. The fourth-order valence-corrected chi connectivity index (χ4v) is 4.10. The van der Waals surface area contributed by atoms with Gasteiger partial charge >= 0.3 is 0 Å². The van der Waals surface area contributed by atoms with Crippen LogP contribution < -0.4 is 10.2 Å². The monoisotopic (exact) mass is 352 g/mol. The number of carbonyl (C=O) groups excluding carboxylic acids is 1. The number of fused-ring (bicyclic) bond motifs is 1. The molecule has 1 aromatic carbocycles. The van der Waals surface area contributed by atoms with Gasteiger partial charge in [-0.2, -0.15) is 0 Å². The Kier molecular flexibility index (Phi) is 4.61. The number of hydrogen-bond acceptors (Lipinski definition) is 5. The molecule has 3 heterocycles. The van der Waals surface area contributed by atoms with E-state index in [1.165, 1.54) is 17.0 Å². The molecular weight excluding hydrogens is 332 g/mol. The summed E-state index contributed by atoms with van der Waals surface area (Å²) in [5, 5.41) is 3.61. The lowest BCUT2D eigenvalue weighted by Gasteiger charge is -2.33. The third kappa shape index (κ3) is 3.64. The predicted octanol–water partition coefficient (Wildman–Crippen LogP) is 3.34. The molecule has 0 radical (unpaired) electrons. The van der Waals surface area contributed by atoms with E-state index < -0.39 is 0 Å². The number of aromatic nitrogens is 2. The Bertz CT molecular complexity index is 823. The summed E-state index contributed by atoms with van der Waals surface area (Å²) in [5.41, 5.74) is 2.07. The Hall–Kier alpha value is -2.47. The number of thiazole rings is 1. The van der Waals surface area contributed by atoms with Crippen molar-refractivity contribution in [1.82, 2.24) is 15.3 Å². The normalized spacial score (nSPS) is 15.4. The lowest BCUT2D eigenvalue weighted by Crippen LogP contribution is -2.38. The van der Waals surface area contributed by atoms with Gasteiger partial charge in [0, 0.05) is 25.8 Å². The molecule has 128 valence electrons. The molecular formula is C19H20N4OS. The molecule has 1 aliphatic heterocycles. The average Bonchev–Trinajstić information content (AvgIpc) is 3.11. The zero-order valence-corrected chi connectivity index (χ0v) is 14.7. The number of rotatable bonds is 4. The van der Waals surface area contributed by atoms with Crippen LogP contribution in [-0.4, -0.2) is 35.5 Å². The van der Waals surface area contributed by atoms with E-state index in [4.69, 9.17) is 0 Å². The first-order chi connectivity index (χ1) is 12.3. The zero-order valence-electron chi connectivity index (χ0n) is 13.9. The first kappa shape index (κ1) is 16.0. The molecule has 1 aliphatic rings. The summed E-state index contributed by atoms with van der Waals surface area (Å²) in [5.74, 6) is 0.460. The highest BCUT2D eigenvalue weighted by Gasteiger charge is 2.21. The molecule has 0 spiro atoms. The number of amides is 1. The van der Waals surface area contributed by atoms with Crippen molar-refractivity contribution >= 4 is 33.1 Å². The molecule has 5 nitrogen and oxygen atoms in total. The van der Waals surface area contributed by atoms with Crippen molar-refractivity contribution in [3.8, 4) is 0 Å². The molecule has 1 N–H and O–H groups in total. The molecule has 0 bridgehead atoms. The highest BCUT2D eigenvalue weighted by atomic mass is 32.1. The van der Waals surface area contributed by atoms with Gasteiger partial charge in [-0.1, -0.05) is 12.1 Å². The maximum atomic E-state index is 12.4. The molecule has 2 aromatic heterocycles. The Morgan fingerprint density at radius 2 is 2.04 bits per heavy atom. The lowest BCUT2D eigenvalue weighted by atomic mass is 9.96. The van der Waals surface area contributed by atoms with E-state index in [1.807, 2.05) is 36.5 Å². The van der Waals surface area contributed by atoms with Crippen LogP contribution in [0.1, 0.15) is 22.6 Å². The van der Waals surface area contributed by atoms with E-state index in [0.717, 1.165) is 42.7 Å². The van der Waals surface area contributed by atoms with E-state index in [-0.39, 0.29) is 5.91 Å². The number of para-hydroxylation sites is 1. The predicted molar refractivity (Wildman–Crippen MR) is 101 cm³/mol. The largest absolute Gasteiger partial charge is 0.370 e. The summed E-state index contributed by atoms with van der Waals surface area (Å²) in [4.78, 5) is 23.3. The van der Waals surface area contributed by atoms with Crippen LogP contribution in [0.15, 0.2) is 48.8 Å². The number of piperidine rings is 1. The Labute approximate surface area is 150 Å². The minimum Gasteiger partial charge on any atom is -0.370 e. The van der Waals surface area contributed by atoms with Crippen LogP contribution in [0, 0.1) is 5.92 Å². The van der Waals surface area contributed by atoms with Crippen molar-refractivity contribution in [2.45, 2.75) is 12.8 Å². The Balaban J connectivity index is 1.29. The zero-order chi connectivity index (χ0) is 17.1. The summed E-state index contributed by atoms with van der Waals surface area (Å²) in [7, 11) is 0. The fraction of sp³-hybridized carbons (Fsp3) is 0.316. The van der Waals surface area contributed by atoms with Gasteiger partial charge in [0.2, 0.25) is 0 Å². The van der Waals surface area contributed by atoms with Crippen LogP contribution in [0.4, 0.5) is 5.69 Å². The van der Waals surface area contributed by atoms with Gasteiger partial charge < -0.3 is 10.2 Å². The number of hydrogen-bond donors (Lipinski definition) is 1. The van der Waals surface area contributed by atoms with E-state index in [9.17, 15) is 4.79 Å². The van der Waals surface area contributed by atoms with Crippen molar-refractivity contribution in [3.63, 3.8) is 0 Å². The molecule has 0 atom stereocenters. The van der Waals surface area contributed by atoms with Gasteiger partial charge in [0.15, 0.2) is 5.01 Å². The maximum Gasteiger partial charge on any atom is 0.280 e. The fourth-order valence-electron chi connectivity index (χ4n) is 3.22. The third-order valence-electron chi connectivity index (χ3n) is 4.67. The summed E-state index contributed by atoms with van der Waals surface area (Å²) in [6.45, 7) is 2.73. The molecule has 1 saturated heterocycles. The topological polar surface area (TPSA) is 58.1 Å². The van der Waals surface area contributed by atoms with Gasteiger partial charge in [0.05, 0.1) is 22.1 Å². The SMILES string of the molecule is O=C(NCC1CCN(c2cccnc2)CC1)c1nc2ccccc2s1. The number of carbonyl (C=O) groups is 1. The number of nitrogens with zero attached hydrogens (tertiary/aromatic N) is 3. The summed E-state index contributed by atoms with van der Waals surface area (Å²) < 4.78 is 1.05. The molecule has 25 heavy (non-hydrogen) atoms. The van der Waals surface area contributed by atoms with Crippen LogP contribution >= 0.6 is 11.3 Å². The first-order valence-electron chi connectivity index (χ1n) is 8.58. The van der Waals surface area contributed by atoms with E-state index in [0.29, 0.717) is 10.9 Å². The van der Waals surface area contributed by atoms with Gasteiger partial charge in [-0.05, 0) is 43.0 Å². The van der Waals surface area contributed by atoms with Crippen LogP contribution in [0.3, 0.4) is 0 Å². The summed E-state index contributed by atoms with van der Waals surface area (Å²) >= 11 is 1.45. The molecule has 1 amide bonds. The van der Waals surface area contributed by atoms with Crippen LogP contribution in [0.25, 0.3) is 10.2 Å². The van der Waals surface area contributed by atoms with Crippen molar-refractivity contribution in [1.29, 1.82) is 0 Å². The van der Waals surface area contributed by atoms with Crippen molar-refractivity contribution < 1.29 is 4.79 Å². The second-order valence-electron chi connectivity index (χ2n) is 6.34. The van der Waals surface area contributed by atoms with Gasteiger partial charge in [-0.3, -0.25) is 9.78 Å². The molecule has 6 heteroatoms. The number of pyridine rings is 1. The van der Waals surface area contributed by atoms with Gasteiger partial charge in [-0.15, -0.1) is 11.3 Å². The van der Waals surface area contributed by atoms with E-state index in [2.05, 4.69) is 26.3 Å². The standard InChI is InChI=1S/C19H20N4OS/c24-18(19-22-16-5-1-2-6-17(16)25-19)21-12-14-7-10-23(11-8-14)15-4-3-9-20-13-15/h1-6,9,13-14H,7-8,10-12H2,(H,21,24). The Morgan fingerprint density at radius 3 is 2.80 bits per heavy atom. The van der Waals surface area contributed by atoms with Gasteiger partial charge in [-0.25, -0.2) is 4.98 Å². The molecule has 0 aliphatic carbocycles. The van der Waals surface area contributed by atoms with Gasteiger partial charge in [0.1, 0.15) is 0 Å². The third-order valence-corrected chi connectivity index (χ3v) is 5.70. The maximum absolute atomic E-state index is 12.4. The minimum absolute atomic E-state index is 0.0594. The summed E-state index contributed by atoms with van der Waals surface area (Å²) in [6.07, 6.45) is 5.87. The van der Waals surface area contributed by atoms with Gasteiger partial charge in [0.25, 0.3) is 5.91 Å². The number of nitrogens with one attached hydrogen (secondary N) is 1.